The van der Waals surface area contributed by atoms with Crippen molar-refractivity contribution in [1.82, 2.24) is 34.9 Å². The van der Waals surface area contributed by atoms with Gasteiger partial charge in [-0.1, -0.05) is 5.16 Å². The van der Waals surface area contributed by atoms with E-state index in [0.717, 1.165) is 11.3 Å². The molecule has 206 valence electrons. The largest absolute Gasteiger partial charge is 0.478 e. The molecule has 0 spiro atoms. The molecule has 8 amide bonds. The van der Waals surface area contributed by atoms with Gasteiger partial charge in [-0.2, -0.15) is 8.42 Å². The molecule has 0 aromatic carbocycles. The highest BCUT2D eigenvalue weighted by Crippen LogP contribution is 2.16. The van der Waals surface area contributed by atoms with Crippen molar-refractivity contribution in [2.45, 2.75) is 25.5 Å². The average Bonchev–Trinajstić information content (AvgIpc) is 3.43. The van der Waals surface area contributed by atoms with Crippen LogP contribution in [0.3, 0.4) is 0 Å². The Kier molecular flexibility index (Phi) is 7.71. The van der Waals surface area contributed by atoms with Gasteiger partial charge >= 0.3 is 34.3 Å². The molecule has 1 aromatic rings. The number of nitrogens with one attached hydrogen (secondary N) is 4. The number of β-lactam (4-membered cyclic amide) rings is 1. The number of nitrogens with zero attached hydrogens (tertiary/aromatic N) is 4. The number of nitrogens with two attached hydrogens (primary N) is 1. The van der Waals surface area contributed by atoms with Crippen LogP contribution < -0.4 is 25.8 Å². The molecule has 0 radical (unpaired) electrons. The van der Waals surface area contributed by atoms with Crippen LogP contribution in [0.2, 0.25) is 0 Å². The SMILES string of the molecule is CC(C)(ON=C(C(=O)N[C@H]1CN(C(=O)NS(=O)(=O)NC(=O)N2CCNC2=O)C1=O)c1csc(N)n1)C(=O)O. The number of aliphatic carboxylic acids is 1. The summed E-state index contributed by atoms with van der Waals surface area (Å²) in [6.45, 7) is 1.89. The predicted molar refractivity (Wildman–Crippen MR) is 126 cm³/mol. The van der Waals surface area contributed by atoms with Crippen LogP contribution in [-0.2, 0) is 29.4 Å². The second-order valence-electron chi connectivity index (χ2n) is 8.09. The Balaban J connectivity index is 1.61. The van der Waals surface area contributed by atoms with E-state index < -0.39 is 70.0 Å². The van der Waals surface area contributed by atoms with Gasteiger partial charge in [0.15, 0.2) is 10.8 Å². The van der Waals surface area contributed by atoms with Crippen LogP contribution in [0, 0.1) is 0 Å². The molecule has 3 heterocycles. The minimum Gasteiger partial charge on any atom is -0.478 e. The number of amides is 8. The fourth-order valence-electron chi connectivity index (χ4n) is 2.77. The van der Waals surface area contributed by atoms with E-state index in [-0.39, 0.29) is 23.9 Å². The molecule has 19 nitrogen and oxygen atoms in total. The van der Waals surface area contributed by atoms with Crippen molar-refractivity contribution in [3.05, 3.63) is 11.1 Å². The Morgan fingerprint density at radius 3 is 2.37 bits per heavy atom. The second kappa shape index (κ2) is 10.5. The van der Waals surface area contributed by atoms with E-state index in [2.05, 4.69) is 20.8 Å². The van der Waals surface area contributed by atoms with Crippen molar-refractivity contribution in [3.63, 3.8) is 0 Å². The first-order valence-electron chi connectivity index (χ1n) is 10.4. The third-order valence-electron chi connectivity index (χ3n) is 4.88. The van der Waals surface area contributed by atoms with Crippen molar-refractivity contribution < 1.29 is 47.1 Å². The van der Waals surface area contributed by atoms with Gasteiger partial charge in [-0.25, -0.2) is 38.5 Å². The molecule has 38 heavy (non-hydrogen) atoms. The minimum atomic E-state index is -4.81. The number of oxime groups is 1. The molecule has 0 aliphatic carbocycles. The fraction of sp³-hybridized carbons (Fsp3) is 0.412. The van der Waals surface area contributed by atoms with Crippen molar-refractivity contribution >= 4 is 68.3 Å². The van der Waals surface area contributed by atoms with E-state index in [1.54, 1.807) is 0 Å². The minimum absolute atomic E-state index is 0.0548. The maximum atomic E-state index is 12.8. The number of urea groups is 3. The summed E-state index contributed by atoms with van der Waals surface area (Å²) in [6, 6.07) is -4.88. The first-order chi connectivity index (χ1) is 17.6. The van der Waals surface area contributed by atoms with Gasteiger partial charge in [0, 0.05) is 18.5 Å². The number of rotatable bonds is 8. The first-order valence-corrected chi connectivity index (χ1v) is 12.7. The number of anilines is 1. The van der Waals surface area contributed by atoms with Crippen LogP contribution in [0.5, 0.6) is 0 Å². The fourth-order valence-corrected chi connectivity index (χ4v) is 4.05. The number of hydrogen-bond acceptors (Lipinski definition) is 13. The summed E-state index contributed by atoms with van der Waals surface area (Å²) < 4.78 is 27.0. The van der Waals surface area contributed by atoms with Crippen LogP contribution in [0.15, 0.2) is 10.5 Å². The molecule has 2 aliphatic rings. The normalized spacial score (nSPS) is 17.8. The van der Waals surface area contributed by atoms with E-state index in [0.29, 0.717) is 9.80 Å². The molecular weight excluding hydrogens is 554 g/mol. The van der Waals surface area contributed by atoms with Gasteiger partial charge in [0.05, 0.1) is 6.54 Å². The summed E-state index contributed by atoms with van der Waals surface area (Å²) in [6.07, 6.45) is 0. The van der Waals surface area contributed by atoms with Gasteiger partial charge in [-0.3, -0.25) is 14.5 Å². The number of carbonyl (C=O) groups is 6. The highest BCUT2D eigenvalue weighted by Gasteiger charge is 2.44. The molecule has 2 aliphatic heterocycles. The molecule has 2 fully saturated rings. The van der Waals surface area contributed by atoms with Crippen LogP contribution in [0.4, 0.5) is 19.5 Å². The summed E-state index contributed by atoms with van der Waals surface area (Å²) in [5.74, 6) is -3.43. The smallest absolute Gasteiger partial charge is 0.350 e. The summed E-state index contributed by atoms with van der Waals surface area (Å²) >= 11 is 0.945. The van der Waals surface area contributed by atoms with E-state index in [1.807, 2.05) is 0 Å². The van der Waals surface area contributed by atoms with Gasteiger partial charge in [0.1, 0.15) is 11.7 Å². The first kappa shape index (κ1) is 28.0. The number of thiazole rings is 1. The lowest BCUT2D eigenvalue weighted by molar-refractivity contribution is -0.161. The Hall–Kier alpha value is -4.53. The molecule has 0 unspecified atom stereocenters. The number of nitrogen functional groups attached to an aromatic ring is 1. The maximum absolute atomic E-state index is 12.8. The number of carboxylic acids is 1. The van der Waals surface area contributed by atoms with E-state index >= 15 is 0 Å². The second-order valence-corrected chi connectivity index (χ2v) is 10.4. The summed E-state index contributed by atoms with van der Waals surface area (Å²) in [5.41, 5.74) is 3.14. The highest BCUT2D eigenvalue weighted by atomic mass is 32.2. The highest BCUT2D eigenvalue weighted by molar-refractivity contribution is 7.88. The van der Waals surface area contributed by atoms with Crippen LogP contribution in [-0.4, -0.2) is 101 Å². The van der Waals surface area contributed by atoms with Crippen LogP contribution >= 0.6 is 11.3 Å². The molecule has 1 atom stereocenters. The molecule has 2 saturated heterocycles. The van der Waals surface area contributed by atoms with Gasteiger partial charge in [-0.05, 0) is 13.8 Å². The molecule has 0 bridgehead atoms. The molecule has 21 heteroatoms. The van der Waals surface area contributed by atoms with Gasteiger partial charge in [0.25, 0.3) is 11.8 Å². The van der Waals surface area contributed by atoms with Crippen molar-refractivity contribution in [2.24, 2.45) is 5.16 Å². The van der Waals surface area contributed by atoms with Gasteiger partial charge in [0.2, 0.25) is 5.60 Å². The monoisotopic (exact) mass is 575 g/mol. The lowest BCUT2D eigenvalue weighted by atomic mass is 10.1. The molecule has 1 aromatic heterocycles. The standard InChI is InChI=1S/C17H21N9O10S2/c1-17(2,12(29)30)36-22-9(8-6-37-13(18)21-8)10(27)20-7-5-26(11(7)28)16(33)24-38(34,35)23-15(32)25-4-3-19-14(25)31/h6-7H,3-5H2,1-2H3,(H2,18,21)(H,19,31)(H,20,27)(H,23,32)(H,24,33)(H,29,30)/t7-/m0/s1. The Bertz CT molecular complexity index is 1340. The number of hydrogen-bond donors (Lipinski definition) is 6. The average molecular weight is 576 g/mol. The number of imide groups is 2. The zero-order valence-electron chi connectivity index (χ0n) is 19.6. The summed E-state index contributed by atoms with van der Waals surface area (Å²) in [7, 11) is -4.81. The predicted octanol–water partition coefficient (Wildman–Crippen LogP) is -2.67. The molecule has 7 N–H and O–H groups in total. The van der Waals surface area contributed by atoms with Crippen LogP contribution in [0.1, 0.15) is 19.5 Å². The summed E-state index contributed by atoms with van der Waals surface area (Å²) in [5, 5.41) is 18.6. The van der Waals surface area contributed by atoms with E-state index in [1.165, 1.54) is 28.7 Å². The number of carbonyl (C=O) groups excluding carboxylic acids is 5. The quantitative estimate of drug-likeness (QED) is 0.105. The van der Waals surface area contributed by atoms with Crippen molar-refractivity contribution in [1.29, 1.82) is 0 Å². The topological polar surface area (TPSA) is 272 Å². The lowest BCUT2D eigenvalue weighted by Gasteiger charge is -2.36. The molecule has 0 saturated carbocycles. The zero-order valence-corrected chi connectivity index (χ0v) is 21.2. The Morgan fingerprint density at radius 2 is 1.87 bits per heavy atom. The van der Waals surface area contributed by atoms with E-state index in [9.17, 15) is 37.2 Å². The maximum Gasteiger partial charge on any atom is 0.350 e. The van der Waals surface area contributed by atoms with Gasteiger partial charge in [-0.15, -0.1) is 11.3 Å². The van der Waals surface area contributed by atoms with Crippen LogP contribution in [0.25, 0.3) is 0 Å². The van der Waals surface area contributed by atoms with Crippen molar-refractivity contribution in [2.75, 3.05) is 25.4 Å². The number of likely N-dealkylation sites (tertiary alicyclic amines) is 1. The number of aromatic nitrogens is 1. The molecule has 3 rings (SSSR count). The summed E-state index contributed by atoms with van der Waals surface area (Å²) in [4.78, 5) is 81.8. The van der Waals surface area contributed by atoms with Gasteiger partial charge < -0.3 is 26.3 Å². The van der Waals surface area contributed by atoms with Crippen molar-refractivity contribution in [3.8, 4) is 0 Å². The Labute approximate surface area is 217 Å². The zero-order chi connectivity index (χ0) is 28.4. The van der Waals surface area contributed by atoms with E-state index in [4.69, 9.17) is 15.7 Å². The molecular formula is C17H21N9O10S2. The Morgan fingerprint density at radius 1 is 1.24 bits per heavy atom. The third-order valence-corrected chi connectivity index (χ3v) is 6.45. The third kappa shape index (κ3) is 6.23. The number of carboxylic acid groups (broad SMARTS) is 1. The lowest BCUT2D eigenvalue weighted by Crippen LogP contribution is -2.68.